The fourth-order valence-electron chi connectivity index (χ4n) is 4.34. The molecule has 2 bridgehead atoms. The van der Waals surface area contributed by atoms with Crippen molar-refractivity contribution in [1.82, 2.24) is 0 Å². The van der Waals surface area contributed by atoms with Crippen LogP contribution in [0.5, 0.6) is 0 Å². The van der Waals surface area contributed by atoms with Crippen molar-refractivity contribution in [3.05, 3.63) is 119 Å². The molecule has 31 heavy (non-hydrogen) atoms. The van der Waals surface area contributed by atoms with Gasteiger partial charge in [-0.25, -0.2) is 0 Å². The zero-order chi connectivity index (χ0) is 21.3. The number of fused-ring (bicyclic) bond motifs is 2. The highest BCUT2D eigenvalue weighted by molar-refractivity contribution is 8.03. The first-order valence-electron chi connectivity index (χ1n) is 10.8. The highest BCUT2D eigenvalue weighted by Crippen LogP contribution is 2.52. The average Bonchev–Trinajstić information content (AvgIpc) is 3.28. The molecule has 0 amide bonds. The molecular weight excluding hydrogens is 398 g/mol. The molecule has 0 fully saturated rings. The van der Waals surface area contributed by atoms with Crippen LogP contribution < -0.4 is 5.32 Å². The molecule has 2 nitrogen and oxygen atoms in total. The quantitative estimate of drug-likeness (QED) is 0.421. The molecule has 1 N–H and O–H groups in total. The third-order valence-electron chi connectivity index (χ3n) is 6.09. The molecule has 0 aliphatic carbocycles. The molecule has 0 saturated heterocycles. The Labute approximate surface area is 189 Å². The van der Waals surface area contributed by atoms with Gasteiger partial charge in [0.05, 0.1) is 6.04 Å². The summed E-state index contributed by atoms with van der Waals surface area (Å²) in [5.41, 5.74) is 2.82. The third-order valence-corrected chi connectivity index (χ3v) is 7.34. The van der Waals surface area contributed by atoms with Gasteiger partial charge in [0.15, 0.2) is 0 Å². The van der Waals surface area contributed by atoms with Crippen molar-refractivity contribution in [2.75, 3.05) is 5.32 Å². The molecule has 0 radical (unpaired) electrons. The second-order valence-electron chi connectivity index (χ2n) is 8.57. The summed E-state index contributed by atoms with van der Waals surface area (Å²) >= 11 is 1.81. The van der Waals surface area contributed by atoms with Crippen molar-refractivity contribution < 1.29 is 4.74 Å². The lowest BCUT2D eigenvalue weighted by molar-refractivity contribution is -0.0168. The standard InChI is InChI=1S/C28H27NOS/c1-21-13-15-24(16-14-21)31-26-20-28(18-17-27(26,2)30-28)25(19-22-9-5-3-6-10-22)29-23-11-7-4-8-12-23/h3-18,20,25,29H,19H2,1-2H3. The smallest absolute Gasteiger partial charge is 0.128 e. The fraction of sp³-hybridized carbons (Fsp3) is 0.214. The first kappa shape index (κ1) is 20.2. The van der Waals surface area contributed by atoms with Gasteiger partial charge in [-0.1, -0.05) is 78.0 Å². The zero-order valence-electron chi connectivity index (χ0n) is 17.9. The van der Waals surface area contributed by atoms with Crippen molar-refractivity contribution >= 4 is 17.4 Å². The number of ether oxygens (including phenoxy) is 1. The number of rotatable bonds is 7. The second kappa shape index (κ2) is 8.07. The van der Waals surface area contributed by atoms with E-state index in [-0.39, 0.29) is 11.6 Å². The predicted molar refractivity (Wildman–Crippen MR) is 130 cm³/mol. The van der Waals surface area contributed by atoms with Crippen LogP contribution in [0.15, 0.2) is 113 Å². The molecule has 156 valence electrons. The number of hydrogen-bond donors (Lipinski definition) is 1. The Balaban J connectivity index is 1.47. The molecule has 3 aromatic rings. The van der Waals surface area contributed by atoms with Crippen molar-refractivity contribution in [2.24, 2.45) is 0 Å². The summed E-state index contributed by atoms with van der Waals surface area (Å²) in [6.45, 7) is 4.30. The molecular formula is C28H27NOS. The Morgan fingerprint density at radius 2 is 1.55 bits per heavy atom. The highest BCUT2D eigenvalue weighted by atomic mass is 32.2. The number of benzene rings is 3. The van der Waals surface area contributed by atoms with Crippen LogP contribution in [0.1, 0.15) is 18.1 Å². The number of thioether (sulfide) groups is 1. The lowest BCUT2D eigenvalue weighted by Gasteiger charge is -2.34. The molecule has 0 saturated carbocycles. The maximum Gasteiger partial charge on any atom is 0.128 e. The summed E-state index contributed by atoms with van der Waals surface area (Å²) in [7, 11) is 0. The van der Waals surface area contributed by atoms with E-state index in [1.54, 1.807) is 0 Å². The van der Waals surface area contributed by atoms with Crippen molar-refractivity contribution in [3.63, 3.8) is 0 Å². The lowest BCUT2D eigenvalue weighted by atomic mass is 9.86. The van der Waals surface area contributed by atoms with E-state index in [1.165, 1.54) is 20.9 Å². The van der Waals surface area contributed by atoms with E-state index in [4.69, 9.17) is 4.74 Å². The average molecular weight is 426 g/mol. The topological polar surface area (TPSA) is 21.3 Å². The monoisotopic (exact) mass is 425 g/mol. The first-order chi connectivity index (χ1) is 15.0. The predicted octanol–water partition coefficient (Wildman–Crippen LogP) is 6.79. The SMILES string of the molecule is Cc1ccc(SC2=CC3(C(Cc4ccccc4)Nc4ccccc4)C=CC2(C)O3)cc1. The number of hydrogen-bond acceptors (Lipinski definition) is 3. The van der Waals surface area contributed by atoms with E-state index in [0.29, 0.717) is 0 Å². The van der Waals surface area contributed by atoms with E-state index in [9.17, 15) is 0 Å². The Bertz CT molecular complexity index is 1070. The molecule has 0 spiro atoms. The van der Waals surface area contributed by atoms with Gasteiger partial charge in [0.2, 0.25) is 0 Å². The number of anilines is 1. The number of nitrogens with one attached hydrogen (secondary N) is 1. The van der Waals surface area contributed by atoms with Gasteiger partial charge in [0.1, 0.15) is 11.2 Å². The lowest BCUT2D eigenvalue weighted by Crippen LogP contribution is -2.45. The first-order valence-corrected chi connectivity index (χ1v) is 11.6. The fourth-order valence-corrected chi connectivity index (χ4v) is 5.42. The van der Waals surface area contributed by atoms with Gasteiger partial charge in [-0.05, 0) is 68.3 Å². The normalized spacial score (nSPS) is 24.8. The van der Waals surface area contributed by atoms with E-state index < -0.39 is 5.60 Å². The summed E-state index contributed by atoms with van der Waals surface area (Å²) in [6.07, 6.45) is 7.68. The molecule has 3 atom stereocenters. The summed E-state index contributed by atoms with van der Waals surface area (Å²) in [5.74, 6) is 0. The number of para-hydroxylation sites is 1. The van der Waals surface area contributed by atoms with Crippen LogP contribution in [0.4, 0.5) is 5.69 Å². The van der Waals surface area contributed by atoms with Crippen molar-refractivity contribution in [1.29, 1.82) is 0 Å². The van der Waals surface area contributed by atoms with Crippen LogP contribution in [0.2, 0.25) is 0 Å². The third kappa shape index (κ3) is 4.08. The van der Waals surface area contributed by atoms with Crippen LogP contribution in [0, 0.1) is 6.92 Å². The van der Waals surface area contributed by atoms with Crippen LogP contribution in [0.3, 0.4) is 0 Å². The maximum absolute atomic E-state index is 6.78. The second-order valence-corrected chi connectivity index (χ2v) is 9.69. The van der Waals surface area contributed by atoms with Gasteiger partial charge in [0.25, 0.3) is 0 Å². The largest absolute Gasteiger partial charge is 0.378 e. The molecule has 2 aliphatic heterocycles. The Morgan fingerprint density at radius 1 is 0.871 bits per heavy atom. The molecule has 2 aliphatic rings. The van der Waals surface area contributed by atoms with Crippen LogP contribution in [0.25, 0.3) is 0 Å². The summed E-state index contributed by atoms with van der Waals surface area (Å²) in [5, 5.41) is 3.77. The van der Waals surface area contributed by atoms with Crippen molar-refractivity contribution in [3.8, 4) is 0 Å². The Morgan fingerprint density at radius 3 is 2.26 bits per heavy atom. The highest BCUT2D eigenvalue weighted by Gasteiger charge is 2.53. The van der Waals surface area contributed by atoms with Gasteiger partial charge in [-0.15, -0.1) is 0 Å². The van der Waals surface area contributed by atoms with Crippen LogP contribution in [-0.2, 0) is 11.2 Å². The van der Waals surface area contributed by atoms with Gasteiger partial charge < -0.3 is 10.1 Å². The van der Waals surface area contributed by atoms with E-state index in [0.717, 1.165) is 12.1 Å². The van der Waals surface area contributed by atoms with Crippen LogP contribution >= 0.6 is 11.8 Å². The van der Waals surface area contributed by atoms with E-state index in [2.05, 4.69) is 116 Å². The molecule has 3 aromatic carbocycles. The maximum atomic E-state index is 6.78. The summed E-state index contributed by atoms with van der Waals surface area (Å²) in [4.78, 5) is 2.50. The summed E-state index contributed by atoms with van der Waals surface area (Å²) in [6, 6.07) is 29.9. The van der Waals surface area contributed by atoms with Crippen LogP contribution in [-0.4, -0.2) is 17.2 Å². The van der Waals surface area contributed by atoms with Gasteiger partial charge in [-0.3, -0.25) is 0 Å². The van der Waals surface area contributed by atoms with Gasteiger partial charge in [-0.2, -0.15) is 0 Å². The molecule has 3 heteroatoms. The molecule has 0 aromatic heterocycles. The number of aryl methyl sites for hydroxylation is 1. The van der Waals surface area contributed by atoms with Crippen molar-refractivity contribution in [2.45, 2.75) is 42.4 Å². The minimum absolute atomic E-state index is 0.0755. The van der Waals surface area contributed by atoms with Gasteiger partial charge >= 0.3 is 0 Å². The van der Waals surface area contributed by atoms with E-state index >= 15 is 0 Å². The minimum atomic E-state index is -0.479. The summed E-state index contributed by atoms with van der Waals surface area (Å²) < 4.78 is 6.78. The molecule has 3 unspecified atom stereocenters. The van der Waals surface area contributed by atoms with E-state index in [1.807, 2.05) is 17.8 Å². The Kier molecular flexibility index (Phi) is 5.25. The minimum Gasteiger partial charge on any atom is -0.378 e. The van der Waals surface area contributed by atoms with Gasteiger partial charge in [0, 0.05) is 15.5 Å². The Hall–Kier alpha value is -2.75. The molecule has 5 rings (SSSR count). The molecule has 2 heterocycles. The zero-order valence-corrected chi connectivity index (χ0v) is 18.7.